The van der Waals surface area contributed by atoms with Gasteiger partial charge in [0.25, 0.3) is 0 Å². The maximum absolute atomic E-state index is 10.1. The Bertz CT molecular complexity index is 574. The summed E-state index contributed by atoms with van der Waals surface area (Å²) in [6.45, 7) is 2.07. The van der Waals surface area contributed by atoms with Crippen molar-refractivity contribution in [1.82, 2.24) is 0 Å². The summed E-state index contributed by atoms with van der Waals surface area (Å²) in [7, 11) is 0. The molecule has 2 rings (SSSR count). The number of hydrogen-bond donors (Lipinski definition) is 2. The molecule has 4 heteroatoms. The molecule has 2 aromatic carbocycles. The number of nitrogens with two attached hydrogens (primary N) is 1. The van der Waals surface area contributed by atoms with E-state index in [1.54, 1.807) is 12.1 Å². The molecule has 0 aliphatic rings. The van der Waals surface area contributed by atoms with Crippen LogP contribution in [0.2, 0.25) is 5.02 Å². The number of hydrogen-bond acceptors (Lipinski definition) is 3. The first kappa shape index (κ1) is 15.8. The Morgan fingerprint density at radius 1 is 1.19 bits per heavy atom. The Morgan fingerprint density at radius 2 is 1.90 bits per heavy atom. The molecule has 2 aromatic rings. The molecule has 0 saturated carbocycles. The van der Waals surface area contributed by atoms with Gasteiger partial charge in [-0.1, -0.05) is 41.9 Å². The molecule has 0 fully saturated rings. The van der Waals surface area contributed by atoms with Crippen LogP contribution in [0.4, 0.5) is 0 Å². The summed E-state index contributed by atoms with van der Waals surface area (Å²) in [4.78, 5) is 0. The molecule has 0 spiro atoms. The van der Waals surface area contributed by atoms with E-state index in [-0.39, 0.29) is 12.6 Å². The number of rotatable bonds is 6. The van der Waals surface area contributed by atoms with E-state index in [0.29, 0.717) is 17.2 Å². The minimum absolute atomic E-state index is 0.162. The third kappa shape index (κ3) is 4.74. The van der Waals surface area contributed by atoms with E-state index in [0.717, 1.165) is 11.1 Å². The van der Waals surface area contributed by atoms with Gasteiger partial charge in [0.05, 0.1) is 0 Å². The molecule has 0 aliphatic carbocycles. The Balaban J connectivity index is 1.86. The first-order chi connectivity index (χ1) is 10.1. The van der Waals surface area contributed by atoms with Crippen molar-refractivity contribution < 1.29 is 9.84 Å². The summed E-state index contributed by atoms with van der Waals surface area (Å²) >= 11 is 5.96. The van der Waals surface area contributed by atoms with Crippen LogP contribution in [0.1, 0.15) is 11.1 Å². The summed E-state index contributed by atoms with van der Waals surface area (Å²) in [6.07, 6.45) is -0.105. The highest BCUT2D eigenvalue weighted by atomic mass is 35.5. The van der Waals surface area contributed by atoms with Crippen LogP contribution in [0.3, 0.4) is 0 Å². The monoisotopic (exact) mass is 305 g/mol. The fraction of sp³-hybridized carbons (Fsp3) is 0.294. The van der Waals surface area contributed by atoms with Gasteiger partial charge < -0.3 is 15.6 Å². The van der Waals surface area contributed by atoms with E-state index in [2.05, 4.69) is 0 Å². The second-order valence-electron chi connectivity index (χ2n) is 5.14. The molecule has 0 aromatic heterocycles. The molecular formula is C17H20ClNO2. The first-order valence-electron chi connectivity index (χ1n) is 6.93. The standard InChI is InChI=1S/C17H20ClNO2/c1-12-9-14(7-8-15(12)18)21-11-17(20)16(19)10-13-5-3-2-4-6-13/h2-9,16-17,20H,10-11,19H2,1H3. The SMILES string of the molecule is Cc1cc(OCC(O)C(N)Cc2ccccc2)ccc1Cl. The molecular weight excluding hydrogens is 286 g/mol. The Labute approximate surface area is 130 Å². The summed E-state index contributed by atoms with van der Waals surface area (Å²) in [5.74, 6) is 0.683. The van der Waals surface area contributed by atoms with Crippen LogP contribution in [0, 0.1) is 6.92 Å². The van der Waals surface area contributed by atoms with Crippen molar-refractivity contribution in [2.45, 2.75) is 25.5 Å². The van der Waals surface area contributed by atoms with Gasteiger partial charge in [0, 0.05) is 11.1 Å². The molecule has 3 nitrogen and oxygen atoms in total. The molecule has 21 heavy (non-hydrogen) atoms. The van der Waals surface area contributed by atoms with Crippen molar-refractivity contribution >= 4 is 11.6 Å². The van der Waals surface area contributed by atoms with Gasteiger partial charge in [0.1, 0.15) is 18.5 Å². The lowest BCUT2D eigenvalue weighted by Gasteiger charge is -2.19. The van der Waals surface area contributed by atoms with Crippen molar-refractivity contribution in [3.05, 3.63) is 64.7 Å². The molecule has 3 N–H and O–H groups in total. The molecule has 2 atom stereocenters. The Hall–Kier alpha value is -1.55. The van der Waals surface area contributed by atoms with Crippen molar-refractivity contribution in [3.63, 3.8) is 0 Å². The van der Waals surface area contributed by atoms with Crippen molar-refractivity contribution in [2.24, 2.45) is 5.73 Å². The second kappa shape index (κ2) is 7.46. The molecule has 0 radical (unpaired) electrons. The predicted molar refractivity (Wildman–Crippen MR) is 85.8 cm³/mol. The minimum atomic E-state index is -0.721. The number of aryl methyl sites for hydroxylation is 1. The lowest BCUT2D eigenvalue weighted by Crippen LogP contribution is -2.40. The minimum Gasteiger partial charge on any atom is -0.491 e. The van der Waals surface area contributed by atoms with Crippen LogP contribution < -0.4 is 10.5 Å². The van der Waals surface area contributed by atoms with Gasteiger partial charge in [-0.2, -0.15) is 0 Å². The first-order valence-corrected chi connectivity index (χ1v) is 7.30. The molecule has 2 unspecified atom stereocenters. The maximum Gasteiger partial charge on any atom is 0.119 e. The zero-order chi connectivity index (χ0) is 15.2. The van der Waals surface area contributed by atoms with Crippen LogP contribution in [0.25, 0.3) is 0 Å². The molecule has 0 bridgehead atoms. The van der Waals surface area contributed by atoms with Crippen LogP contribution in [-0.4, -0.2) is 23.9 Å². The molecule has 0 heterocycles. The van der Waals surface area contributed by atoms with E-state index in [1.807, 2.05) is 43.3 Å². The fourth-order valence-electron chi connectivity index (χ4n) is 2.03. The zero-order valence-corrected chi connectivity index (χ0v) is 12.8. The van der Waals surface area contributed by atoms with Crippen LogP contribution >= 0.6 is 11.6 Å². The number of aliphatic hydroxyl groups is 1. The number of ether oxygens (including phenoxy) is 1. The van der Waals surface area contributed by atoms with Gasteiger partial charge in [-0.25, -0.2) is 0 Å². The van der Waals surface area contributed by atoms with Gasteiger partial charge in [-0.15, -0.1) is 0 Å². The summed E-state index contributed by atoms with van der Waals surface area (Å²) < 4.78 is 5.57. The van der Waals surface area contributed by atoms with Gasteiger partial charge >= 0.3 is 0 Å². The van der Waals surface area contributed by atoms with E-state index in [1.165, 1.54) is 0 Å². The Morgan fingerprint density at radius 3 is 2.57 bits per heavy atom. The topological polar surface area (TPSA) is 55.5 Å². The molecule has 112 valence electrons. The average molecular weight is 306 g/mol. The highest BCUT2D eigenvalue weighted by Gasteiger charge is 2.16. The number of benzene rings is 2. The zero-order valence-electron chi connectivity index (χ0n) is 12.0. The normalized spacial score (nSPS) is 13.7. The van der Waals surface area contributed by atoms with E-state index >= 15 is 0 Å². The van der Waals surface area contributed by atoms with Crippen LogP contribution in [0.15, 0.2) is 48.5 Å². The molecule has 0 saturated heterocycles. The predicted octanol–water partition coefficient (Wildman–Crippen LogP) is 2.96. The average Bonchev–Trinajstić information content (AvgIpc) is 2.49. The second-order valence-corrected chi connectivity index (χ2v) is 5.55. The lowest BCUT2D eigenvalue weighted by molar-refractivity contribution is 0.0851. The molecule has 0 amide bonds. The lowest BCUT2D eigenvalue weighted by atomic mass is 10.0. The summed E-state index contributed by atoms with van der Waals surface area (Å²) in [5.41, 5.74) is 8.06. The quantitative estimate of drug-likeness (QED) is 0.862. The third-order valence-corrected chi connectivity index (χ3v) is 3.78. The summed E-state index contributed by atoms with van der Waals surface area (Å²) in [6, 6.07) is 14.9. The Kier molecular flexibility index (Phi) is 5.62. The van der Waals surface area contributed by atoms with Gasteiger partial charge in [0.2, 0.25) is 0 Å². The van der Waals surface area contributed by atoms with Gasteiger partial charge in [-0.3, -0.25) is 0 Å². The highest BCUT2D eigenvalue weighted by molar-refractivity contribution is 6.31. The largest absolute Gasteiger partial charge is 0.491 e. The molecule has 0 aliphatic heterocycles. The van der Waals surface area contributed by atoms with Crippen LogP contribution in [0.5, 0.6) is 5.75 Å². The number of aliphatic hydroxyl groups excluding tert-OH is 1. The highest BCUT2D eigenvalue weighted by Crippen LogP contribution is 2.21. The third-order valence-electron chi connectivity index (χ3n) is 3.36. The van der Waals surface area contributed by atoms with E-state index < -0.39 is 6.10 Å². The summed E-state index contributed by atoms with van der Waals surface area (Å²) in [5, 5.41) is 10.8. The van der Waals surface area contributed by atoms with Gasteiger partial charge in [0.15, 0.2) is 0 Å². The van der Waals surface area contributed by atoms with Gasteiger partial charge in [-0.05, 0) is 42.7 Å². The van der Waals surface area contributed by atoms with Crippen molar-refractivity contribution in [1.29, 1.82) is 0 Å². The maximum atomic E-state index is 10.1. The van der Waals surface area contributed by atoms with Crippen LogP contribution in [-0.2, 0) is 6.42 Å². The fourth-order valence-corrected chi connectivity index (χ4v) is 2.15. The smallest absolute Gasteiger partial charge is 0.119 e. The van der Waals surface area contributed by atoms with E-state index in [4.69, 9.17) is 22.1 Å². The van der Waals surface area contributed by atoms with E-state index in [9.17, 15) is 5.11 Å². The van der Waals surface area contributed by atoms with Crippen molar-refractivity contribution in [3.8, 4) is 5.75 Å². The van der Waals surface area contributed by atoms with Crippen molar-refractivity contribution in [2.75, 3.05) is 6.61 Å². The number of halogens is 1.